The summed E-state index contributed by atoms with van der Waals surface area (Å²) in [6, 6.07) is 7.55. The van der Waals surface area contributed by atoms with Crippen LogP contribution in [-0.4, -0.2) is 45.6 Å². The molecule has 3 atom stereocenters. The average Bonchev–Trinajstić information content (AvgIpc) is 2.64. The van der Waals surface area contributed by atoms with Crippen LogP contribution in [0.25, 0.3) is 0 Å². The molecule has 0 aromatic heterocycles. The highest BCUT2D eigenvalue weighted by atomic mass is 16.5. The van der Waals surface area contributed by atoms with E-state index in [9.17, 15) is 29.7 Å². The second-order valence-electron chi connectivity index (χ2n) is 7.39. The largest absolute Gasteiger partial charge is 0.507 e. The molecule has 0 bridgehead atoms. The zero-order valence-electron chi connectivity index (χ0n) is 15.2. The molecule has 0 saturated carbocycles. The van der Waals surface area contributed by atoms with E-state index < -0.39 is 40.9 Å². The van der Waals surface area contributed by atoms with Crippen molar-refractivity contribution in [2.45, 2.75) is 31.0 Å². The summed E-state index contributed by atoms with van der Waals surface area (Å²) in [7, 11) is 1.16. The van der Waals surface area contributed by atoms with E-state index in [4.69, 9.17) is 4.74 Å². The monoisotopic (exact) mass is 382 g/mol. The minimum Gasteiger partial charge on any atom is -0.507 e. The molecule has 0 aliphatic heterocycles. The lowest BCUT2D eigenvalue weighted by Crippen LogP contribution is -2.44. The van der Waals surface area contributed by atoms with Crippen molar-refractivity contribution in [1.82, 2.24) is 0 Å². The van der Waals surface area contributed by atoms with Crippen molar-refractivity contribution in [3.05, 3.63) is 63.7 Å². The first-order valence-corrected chi connectivity index (χ1v) is 8.75. The van der Waals surface area contributed by atoms with Gasteiger partial charge >= 0.3 is 5.97 Å². The Bertz CT molecular complexity index is 1050. The van der Waals surface area contributed by atoms with Gasteiger partial charge in [0.1, 0.15) is 11.7 Å². The molecule has 28 heavy (non-hydrogen) atoms. The summed E-state index contributed by atoms with van der Waals surface area (Å²) in [6.07, 6.45) is -1.57. The molecule has 2 aromatic carbocycles. The molecule has 0 radical (unpaired) electrons. The Balaban J connectivity index is 2.04. The summed E-state index contributed by atoms with van der Waals surface area (Å²) in [5, 5.41) is 32.1. The minimum absolute atomic E-state index is 0.0405. The van der Waals surface area contributed by atoms with E-state index in [1.165, 1.54) is 25.1 Å². The second kappa shape index (κ2) is 5.98. The van der Waals surface area contributed by atoms with Crippen molar-refractivity contribution in [1.29, 1.82) is 0 Å². The highest BCUT2D eigenvalue weighted by Gasteiger charge is 2.49. The molecule has 7 heteroatoms. The number of esters is 1. The molecule has 0 spiro atoms. The lowest BCUT2D eigenvalue weighted by atomic mass is 9.68. The molecule has 2 aliphatic rings. The van der Waals surface area contributed by atoms with Crippen LogP contribution in [0, 0.1) is 0 Å². The Labute approximate surface area is 160 Å². The number of phenols is 1. The highest BCUT2D eigenvalue weighted by molar-refractivity contribution is 6.29. The van der Waals surface area contributed by atoms with Crippen molar-refractivity contribution in [2.24, 2.45) is 0 Å². The third kappa shape index (κ3) is 2.33. The highest BCUT2D eigenvalue weighted by Crippen LogP contribution is 2.50. The Morgan fingerprint density at radius 1 is 1.14 bits per heavy atom. The zero-order chi connectivity index (χ0) is 20.4. The minimum atomic E-state index is -1.67. The van der Waals surface area contributed by atoms with E-state index in [0.717, 1.165) is 7.11 Å². The summed E-state index contributed by atoms with van der Waals surface area (Å²) >= 11 is 0. The average molecular weight is 382 g/mol. The van der Waals surface area contributed by atoms with E-state index >= 15 is 0 Å². The number of ketones is 2. The van der Waals surface area contributed by atoms with Crippen LogP contribution in [0.5, 0.6) is 5.75 Å². The smallest absolute Gasteiger partial charge is 0.316 e. The third-order valence-corrected chi connectivity index (χ3v) is 5.57. The SMILES string of the molecule is COC(=O)C1c2cc3c(c(O)c2C(O)CC1(C)O)C(=O)c1ccccc1C3=O. The number of fused-ring (bicyclic) bond motifs is 3. The Kier molecular flexibility index (Phi) is 3.92. The fourth-order valence-electron chi connectivity index (χ4n) is 4.31. The van der Waals surface area contributed by atoms with E-state index in [1.54, 1.807) is 12.1 Å². The van der Waals surface area contributed by atoms with Crippen LogP contribution in [0.2, 0.25) is 0 Å². The number of aliphatic hydroxyl groups is 2. The van der Waals surface area contributed by atoms with Crippen LogP contribution in [0.1, 0.15) is 68.3 Å². The number of benzene rings is 2. The molecule has 3 unspecified atom stereocenters. The van der Waals surface area contributed by atoms with E-state index in [2.05, 4.69) is 0 Å². The molecular weight excluding hydrogens is 364 g/mol. The van der Waals surface area contributed by atoms with Gasteiger partial charge in [-0.1, -0.05) is 24.3 Å². The fourth-order valence-corrected chi connectivity index (χ4v) is 4.31. The predicted octanol–water partition coefficient (Wildman–Crippen LogP) is 1.61. The number of carbonyl (C=O) groups excluding carboxylic acids is 3. The van der Waals surface area contributed by atoms with Gasteiger partial charge in [-0.15, -0.1) is 0 Å². The number of aliphatic hydroxyl groups excluding tert-OH is 1. The normalized spacial score (nSPS) is 25.6. The number of ether oxygens (including phenoxy) is 1. The van der Waals surface area contributed by atoms with E-state index in [1.807, 2.05) is 0 Å². The standard InChI is InChI=1S/C21H18O7/c1-21(27)8-13(22)14-11(16(21)20(26)28-2)7-12-15(19(14)25)18(24)10-6-4-3-5-9(10)17(12)23/h3-7,13,16,22,25,27H,8H2,1-2H3. The predicted molar refractivity (Wildman–Crippen MR) is 96.4 cm³/mol. The Morgan fingerprint density at radius 2 is 1.75 bits per heavy atom. The zero-order valence-corrected chi connectivity index (χ0v) is 15.2. The summed E-state index contributed by atoms with van der Waals surface area (Å²) in [4.78, 5) is 38.3. The third-order valence-electron chi connectivity index (χ3n) is 5.57. The molecule has 144 valence electrons. The van der Waals surface area contributed by atoms with Gasteiger partial charge in [0.25, 0.3) is 0 Å². The van der Waals surface area contributed by atoms with Gasteiger partial charge < -0.3 is 20.1 Å². The summed E-state index contributed by atoms with van der Waals surface area (Å²) < 4.78 is 4.79. The Hall–Kier alpha value is -3.03. The first-order valence-electron chi connectivity index (χ1n) is 8.75. The van der Waals surface area contributed by atoms with Crippen LogP contribution < -0.4 is 0 Å². The molecule has 0 fully saturated rings. The van der Waals surface area contributed by atoms with Crippen molar-refractivity contribution < 1.29 is 34.4 Å². The second-order valence-corrected chi connectivity index (χ2v) is 7.39. The van der Waals surface area contributed by atoms with Crippen molar-refractivity contribution in [3.63, 3.8) is 0 Å². The number of carbonyl (C=O) groups is 3. The van der Waals surface area contributed by atoms with Gasteiger partial charge in [0.2, 0.25) is 0 Å². The van der Waals surface area contributed by atoms with Gasteiger partial charge in [-0.3, -0.25) is 14.4 Å². The first-order chi connectivity index (χ1) is 13.2. The van der Waals surface area contributed by atoms with Crippen molar-refractivity contribution in [3.8, 4) is 5.75 Å². The van der Waals surface area contributed by atoms with Gasteiger partial charge in [0, 0.05) is 28.7 Å². The van der Waals surface area contributed by atoms with E-state index in [0.29, 0.717) is 0 Å². The van der Waals surface area contributed by atoms with Gasteiger partial charge in [0.05, 0.1) is 24.4 Å². The van der Waals surface area contributed by atoms with Crippen molar-refractivity contribution in [2.75, 3.05) is 7.11 Å². The maximum absolute atomic E-state index is 13.0. The number of aromatic hydroxyl groups is 1. The maximum atomic E-state index is 13.0. The van der Waals surface area contributed by atoms with Crippen LogP contribution >= 0.6 is 0 Å². The number of methoxy groups -OCH3 is 1. The fraction of sp³-hybridized carbons (Fsp3) is 0.286. The molecular formula is C21H18O7. The molecule has 0 amide bonds. The summed E-state index contributed by atoms with van der Waals surface area (Å²) in [5.74, 6) is -3.56. The summed E-state index contributed by atoms with van der Waals surface area (Å²) in [6.45, 7) is 1.37. The van der Waals surface area contributed by atoms with Crippen molar-refractivity contribution >= 4 is 17.5 Å². The van der Waals surface area contributed by atoms with Crippen LogP contribution in [0.3, 0.4) is 0 Å². The number of hydrogen-bond donors (Lipinski definition) is 3. The molecule has 2 aromatic rings. The molecule has 7 nitrogen and oxygen atoms in total. The van der Waals surface area contributed by atoms with Crippen LogP contribution in [-0.2, 0) is 9.53 Å². The van der Waals surface area contributed by atoms with E-state index in [-0.39, 0.29) is 39.8 Å². The number of hydrogen-bond acceptors (Lipinski definition) is 7. The van der Waals surface area contributed by atoms with Gasteiger partial charge in [0.15, 0.2) is 11.6 Å². The topological polar surface area (TPSA) is 121 Å². The van der Waals surface area contributed by atoms with Gasteiger partial charge in [-0.2, -0.15) is 0 Å². The maximum Gasteiger partial charge on any atom is 0.316 e. The molecule has 2 aliphatic carbocycles. The Morgan fingerprint density at radius 3 is 2.36 bits per heavy atom. The molecule has 3 N–H and O–H groups in total. The van der Waals surface area contributed by atoms with Crippen LogP contribution in [0.15, 0.2) is 30.3 Å². The number of phenolic OH excluding ortho intramolecular Hbond substituents is 1. The number of rotatable bonds is 1. The summed E-state index contributed by atoms with van der Waals surface area (Å²) in [5.41, 5.74) is -1.55. The van der Waals surface area contributed by atoms with Gasteiger partial charge in [-0.25, -0.2) is 0 Å². The molecule has 0 heterocycles. The quantitative estimate of drug-likeness (QED) is 0.547. The van der Waals surface area contributed by atoms with Crippen LogP contribution in [0.4, 0.5) is 0 Å². The lowest BCUT2D eigenvalue weighted by Gasteiger charge is -2.40. The molecule has 4 rings (SSSR count). The van der Waals surface area contributed by atoms with Gasteiger partial charge in [-0.05, 0) is 18.6 Å². The lowest BCUT2D eigenvalue weighted by molar-refractivity contribution is -0.151. The first kappa shape index (κ1) is 18.3. The molecule has 0 saturated heterocycles.